The van der Waals surface area contributed by atoms with Crippen LogP contribution < -0.4 is 10.2 Å². The quantitative estimate of drug-likeness (QED) is 0.641. The number of nitrogens with zero attached hydrogens (tertiary/aromatic N) is 3. The second kappa shape index (κ2) is 8.79. The summed E-state index contributed by atoms with van der Waals surface area (Å²) in [5, 5.41) is 8.67. The molecule has 1 unspecified atom stereocenters. The van der Waals surface area contributed by atoms with E-state index in [-0.39, 0.29) is 23.6 Å². The van der Waals surface area contributed by atoms with Crippen LogP contribution in [0.5, 0.6) is 0 Å². The minimum Gasteiger partial charge on any atom is -0.467 e. The minimum absolute atomic E-state index is 0.117. The molecule has 1 N–H and O–H groups in total. The van der Waals surface area contributed by atoms with Crippen molar-refractivity contribution in [2.75, 3.05) is 4.90 Å². The van der Waals surface area contributed by atoms with Crippen LogP contribution in [0.25, 0.3) is 0 Å². The number of anilines is 1. The standard InChI is InChI=1S/C22H24N4O3S/c1-14-7-5-10-18(15(14)2)26(22(28)17-13-30-25-24-17)20(19-11-6-12-29-19)21(27)23-16-8-3-4-9-16/h5-7,10-13,16,20H,3-4,8-9H2,1-2H3,(H,23,27). The molecule has 8 heteroatoms. The van der Waals surface area contributed by atoms with Gasteiger partial charge in [-0.05, 0) is 67.5 Å². The molecule has 30 heavy (non-hydrogen) atoms. The highest BCUT2D eigenvalue weighted by Gasteiger charge is 2.38. The molecule has 1 atom stereocenters. The lowest BCUT2D eigenvalue weighted by atomic mass is 10.0. The SMILES string of the molecule is Cc1cccc(N(C(=O)c2csnn2)C(C(=O)NC2CCCC2)c2ccco2)c1C. The lowest BCUT2D eigenvalue weighted by Crippen LogP contribution is -2.46. The number of rotatable bonds is 6. The molecule has 0 radical (unpaired) electrons. The van der Waals surface area contributed by atoms with E-state index in [4.69, 9.17) is 4.42 Å². The Morgan fingerprint density at radius 2 is 2.00 bits per heavy atom. The molecule has 1 aliphatic rings. The normalized spacial score (nSPS) is 15.1. The minimum atomic E-state index is -0.949. The van der Waals surface area contributed by atoms with Crippen molar-refractivity contribution >= 4 is 29.0 Å². The molecule has 2 aromatic heterocycles. The number of nitrogens with one attached hydrogen (secondary N) is 1. The highest BCUT2D eigenvalue weighted by atomic mass is 32.1. The van der Waals surface area contributed by atoms with Crippen LogP contribution in [-0.4, -0.2) is 27.4 Å². The van der Waals surface area contributed by atoms with Gasteiger partial charge in [-0.3, -0.25) is 14.5 Å². The van der Waals surface area contributed by atoms with Crippen molar-refractivity contribution in [2.24, 2.45) is 0 Å². The van der Waals surface area contributed by atoms with Gasteiger partial charge in [0.1, 0.15) is 5.76 Å². The Morgan fingerprint density at radius 1 is 1.20 bits per heavy atom. The largest absolute Gasteiger partial charge is 0.467 e. The third kappa shape index (κ3) is 4.00. The Balaban J connectivity index is 1.81. The molecule has 2 amide bonds. The molecule has 2 heterocycles. The summed E-state index contributed by atoms with van der Waals surface area (Å²) < 4.78 is 9.46. The van der Waals surface area contributed by atoms with E-state index in [1.54, 1.807) is 17.5 Å². The van der Waals surface area contributed by atoms with Gasteiger partial charge in [-0.2, -0.15) is 0 Å². The van der Waals surface area contributed by atoms with Crippen LogP contribution >= 0.6 is 11.5 Å². The first-order valence-corrected chi connectivity index (χ1v) is 10.9. The summed E-state index contributed by atoms with van der Waals surface area (Å²) in [6, 6.07) is 8.32. The number of amides is 2. The first-order chi connectivity index (χ1) is 14.6. The molecule has 4 rings (SSSR count). The number of aromatic nitrogens is 2. The average Bonchev–Trinajstić information content (AvgIpc) is 3.51. The van der Waals surface area contributed by atoms with Crippen LogP contribution in [0.4, 0.5) is 5.69 Å². The topological polar surface area (TPSA) is 88.3 Å². The van der Waals surface area contributed by atoms with Crippen LogP contribution in [0.2, 0.25) is 0 Å². The van der Waals surface area contributed by atoms with Gasteiger partial charge in [0.15, 0.2) is 11.7 Å². The number of furan rings is 1. The summed E-state index contributed by atoms with van der Waals surface area (Å²) in [6.07, 6.45) is 5.61. The predicted molar refractivity (Wildman–Crippen MR) is 114 cm³/mol. The molecule has 3 aromatic rings. The third-order valence-electron chi connectivity index (χ3n) is 5.65. The maximum Gasteiger partial charge on any atom is 0.280 e. The number of carbonyl (C=O) groups is 2. The molecule has 0 aliphatic heterocycles. The van der Waals surface area contributed by atoms with Gasteiger partial charge in [-0.25, -0.2) is 0 Å². The van der Waals surface area contributed by atoms with Crippen molar-refractivity contribution in [2.45, 2.75) is 51.6 Å². The van der Waals surface area contributed by atoms with Gasteiger partial charge >= 0.3 is 0 Å². The Hall–Kier alpha value is -3.00. The molecule has 7 nitrogen and oxygen atoms in total. The lowest BCUT2D eigenvalue weighted by Gasteiger charge is -2.31. The third-order valence-corrected chi connectivity index (χ3v) is 6.16. The van der Waals surface area contributed by atoms with E-state index in [1.165, 1.54) is 11.2 Å². The number of carbonyl (C=O) groups excluding carboxylic acids is 2. The summed E-state index contributed by atoms with van der Waals surface area (Å²) in [6.45, 7) is 3.92. The summed E-state index contributed by atoms with van der Waals surface area (Å²) in [7, 11) is 0. The Kier molecular flexibility index (Phi) is 5.94. The van der Waals surface area contributed by atoms with E-state index in [0.717, 1.165) is 48.3 Å². The van der Waals surface area contributed by atoms with Gasteiger partial charge in [-0.1, -0.05) is 29.5 Å². The van der Waals surface area contributed by atoms with Gasteiger partial charge < -0.3 is 9.73 Å². The van der Waals surface area contributed by atoms with Crippen molar-refractivity contribution < 1.29 is 14.0 Å². The fourth-order valence-electron chi connectivity index (χ4n) is 3.91. The maximum absolute atomic E-state index is 13.6. The highest BCUT2D eigenvalue weighted by Crippen LogP contribution is 2.33. The van der Waals surface area contributed by atoms with Crippen molar-refractivity contribution in [3.8, 4) is 0 Å². The summed E-state index contributed by atoms with van der Waals surface area (Å²) in [4.78, 5) is 28.5. The van der Waals surface area contributed by atoms with E-state index in [2.05, 4.69) is 14.9 Å². The highest BCUT2D eigenvalue weighted by molar-refractivity contribution is 7.03. The predicted octanol–water partition coefficient (Wildman–Crippen LogP) is 4.19. The van der Waals surface area contributed by atoms with Crippen LogP contribution in [-0.2, 0) is 4.79 Å². The number of benzene rings is 1. The van der Waals surface area contributed by atoms with Crippen LogP contribution in [0.1, 0.15) is 59.1 Å². The second-order valence-corrected chi connectivity index (χ2v) is 8.20. The second-order valence-electron chi connectivity index (χ2n) is 7.59. The molecule has 0 saturated heterocycles. The van der Waals surface area contributed by atoms with Gasteiger partial charge in [0.2, 0.25) is 0 Å². The number of aryl methyl sites for hydroxylation is 1. The fraction of sp³-hybridized carbons (Fsp3) is 0.364. The van der Waals surface area contributed by atoms with Crippen molar-refractivity contribution in [3.05, 3.63) is 64.6 Å². The van der Waals surface area contributed by atoms with E-state index in [0.29, 0.717) is 11.4 Å². The first kappa shape index (κ1) is 20.3. The van der Waals surface area contributed by atoms with Crippen LogP contribution in [0.3, 0.4) is 0 Å². The van der Waals surface area contributed by atoms with E-state index >= 15 is 0 Å². The molecule has 1 saturated carbocycles. The van der Waals surface area contributed by atoms with Crippen molar-refractivity contribution in [1.82, 2.24) is 14.9 Å². The Bertz CT molecular complexity index is 1010. The number of hydrogen-bond acceptors (Lipinski definition) is 6. The van der Waals surface area contributed by atoms with Crippen molar-refractivity contribution in [1.29, 1.82) is 0 Å². The summed E-state index contributed by atoms with van der Waals surface area (Å²) in [5.74, 6) is -0.238. The monoisotopic (exact) mass is 424 g/mol. The molecule has 1 aliphatic carbocycles. The fourth-order valence-corrected chi connectivity index (χ4v) is 4.34. The first-order valence-electron chi connectivity index (χ1n) is 10.1. The molecule has 0 bridgehead atoms. The molecule has 0 spiro atoms. The van der Waals surface area contributed by atoms with Crippen LogP contribution in [0.15, 0.2) is 46.4 Å². The zero-order valence-electron chi connectivity index (χ0n) is 17.0. The molecule has 156 valence electrons. The van der Waals surface area contributed by atoms with Gasteiger partial charge in [-0.15, -0.1) is 5.10 Å². The Labute approximate surface area is 179 Å². The summed E-state index contributed by atoms with van der Waals surface area (Å²) in [5.41, 5.74) is 2.79. The molecule has 1 fully saturated rings. The van der Waals surface area contributed by atoms with Crippen molar-refractivity contribution in [3.63, 3.8) is 0 Å². The number of hydrogen-bond donors (Lipinski definition) is 1. The van der Waals surface area contributed by atoms with E-state index in [1.807, 2.05) is 32.0 Å². The zero-order valence-corrected chi connectivity index (χ0v) is 17.8. The average molecular weight is 425 g/mol. The van der Waals surface area contributed by atoms with E-state index < -0.39 is 6.04 Å². The lowest BCUT2D eigenvalue weighted by molar-refractivity contribution is -0.123. The van der Waals surface area contributed by atoms with Crippen LogP contribution in [0, 0.1) is 13.8 Å². The molecule has 1 aromatic carbocycles. The maximum atomic E-state index is 13.6. The van der Waals surface area contributed by atoms with Gasteiger partial charge in [0.05, 0.1) is 6.26 Å². The Morgan fingerprint density at radius 3 is 2.67 bits per heavy atom. The molecular formula is C22H24N4O3S. The smallest absolute Gasteiger partial charge is 0.280 e. The molecular weight excluding hydrogens is 400 g/mol. The summed E-state index contributed by atoms with van der Waals surface area (Å²) >= 11 is 1.10. The zero-order chi connectivity index (χ0) is 21.1. The van der Waals surface area contributed by atoms with Gasteiger partial charge in [0, 0.05) is 17.1 Å². The van der Waals surface area contributed by atoms with Gasteiger partial charge in [0.25, 0.3) is 11.8 Å². The van der Waals surface area contributed by atoms with E-state index in [9.17, 15) is 9.59 Å².